The van der Waals surface area contributed by atoms with E-state index in [1.807, 2.05) is 0 Å². The molecule has 0 radical (unpaired) electrons. The maximum Gasteiger partial charge on any atom is 0.228 e. The maximum atomic E-state index is 6.14. The minimum absolute atomic E-state index is 0.0566. The Hall–Kier alpha value is -0.900. The second-order valence-corrected chi connectivity index (χ2v) is 5.26. The molecule has 2 N–H and O–H groups in total. The van der Waals surface area contributed by atoms with Crippen molar-refractivity contribution in [1.29, 1.82) is 0 Å². The molecule has 1 aromatic rings. The van der Waals surface area contributed by atoms with Crippen molar-refractivity contribution in [2.24, 2.45) is 11.7 Å². The van der Waals surface area contributed by atoms with E-state index >= 15 is 0 Å². The lowest BCUT2D eigenvalue weighted by atomic mass is 9.75. The first-order valence-electron chi connectivity index (χ1n) is 5.78. The average Bonchev–Trinajstić information content (AvgIpc) is 2.71. The summed E-state index contributed by atoms with van der Waals surface area (Å²) in [5.74, 6) is 2.88. The van der Waals surface area contributed by atoms with E-state index in [0.717, 1.165) is 36.9 Å². The summed E-state index contributed by atoms with van der Waals surface area (Å²) in [5.41, 5.74) is 6.08. The van der Waals surface area contributed by atoms with Crippen molar-refractivity contribution in [2.45, 2.75) is 50.5 Å². The van der Waals surface area contributed by atoms with E-state index in [1.54, 1.807) is 0 Å². The molecule has 0 aliphatic heterocycles. The summed E-state index contributed by atoms with van der Waals surface area (Å²) in [4.78, 5) is 4.43. The Balaban J connectivity index is 1.68. The summed E-state index contributed by atoms with van der Waals surface area (Å²) in [6.07, 6.45) is 5.36. The Morgan fingerprint density at radius 3 is 2.80 bits per heavy atom. The van der Waals surface area contributed by atoms with E-state index < -0.39 is 0 Å². The molecule has 2 fully saturated rings. The van der Waals surface area contributed by atoms with Gasteiger partial charge < -0.3 is 10.3 Å². The van der Waals surface area contributed by atoms with Gasteiger partial charge in [-0.1, -0.05) is 12.1 Å². The summed E-state index contributed by atoms with van der Waals surface area (Å²) in [6.45, 7) is 2.22. The Morgan fingerprint density at radius 1 is 1.53 bits per heavy atom. The molecule has 0 amide bonds. The third-order valence-electron chi connectivity index (χ3n) is 3.78. The lowest BCUT2D eigenvalue weighted by Crippen LogP contribution is -2.48. The molecule has 0 aromatic carbocycles. The molecular formula is C11H17N3O. The highest BCUT2D eigenvalue weighted by molar-refractivity contribution is 5.09. The van der Waals surface area contributed by atoms with Crippen LogP contribution in [0.15, 0.2) is 4.52 Å². The average molecular weight is 207 g/mol. The quantitative estimate of drug-likeness (QED) is 0.818. The van der Waals surface area contributed by atoms with Crippen LogP contribution in [0.3, 0.4) is 0 Å². The lowest BCUT2D eigenvalue weighted by molar-refractivity contribution is 0.221. The standard InChI is InChI=1S/C11H17N3O/c1-7-5-8(7)10-13-9(15-14-10)6-11(12)3-2-4-11/h7-8H,2-6,12H2,1H3. The van der Waals surface area contributed by atoms with Crippen LogP contribution in [0, 0.1) is 5.92 Å². The van der Waals surface area contributed by atoms with Gasteiger partial charge >= 0.3 is 0 Å². The molecule has 2 aliphatic carbocycles. The van der Waals surface area contributed by atoms with Gasteiger partial charge in [0.15, 0.2) is 5.82 Å². The van der Waals surface area contributed by atoms with Gasteiger partial charge in [-0.25, -0.2) is 0 Å². The van der Waals surface area contributed by atoms with Crippen LogP contribution >= 0.6 is 0 Å². The summed E-state index contributed by atoms with van der Waals surface area (Å²) in [6, 6.07) is 0. The fourth-order valence-corrected chi connectivity index (χ4v) is 2.28. The zero-order chi connectivity index (χ0) is 10.5. The van der Waals surface area contributed by atoms with Crippen molar-refractivity contribution >= 4 is 0 Å². The molecule has 15 heavy (non-hydrogen) atoms. The van der Waals surface area contributed by atoms with Crippen LogP contribution in [0.4, 0.5) is 0 Å². The molecule has 3 rings (SSSR count). The number of hydrogen-bond acceptors (Lipinski definition) is 4. The Morgan fingerprint density at radius 2 is 2.27 bits per heavy atom. The molecule has 2 saturated carbocycles. The van der Waals surface area contributed by atoms with Crippen molar-refractivity contribution in [3.63, 3.8) is 0 Å². The van der Waals surface area contributed by atoms with Gasteiger partial charge in [-0.05, 0) is 31.6 Å². The first-order chi connectivity index (χ1) is 7.16. The smallest absolute Gasteiger partial charge is 0.228 e. The van der Waals surface area contributed by atoms with Crippen molar-refractivity contribution < 1.29 is 4.52 Å². The van der Waals surface area contributed by atoms with Gasteiger partial charge in [0.1, 0.15) is 0 Å². The van der Waals surface area contributed by atoms with Gasteiger partial charge in [-0.2, -0.15) is 4.98 Å². The Bertz CT molecular complexity index is 370. The first-order valence-corrected chi connectivity index (χ1v) is 5.78. The molecule has 2 unspecified atom stereocenters. The van der Waals surface area contributed by atoms with Crippen LogP contribution in [0.5, 0.6) is 0 Å². The Kier molecular flexibility index (Phi) is 1.89. The third kappa shape index (κ3) is 1.67. The zero-order valence-electron chi connectivity index (χ0n) is 9.07. The number of nitrogens with zero attached hydrogens (tertiary/aromatic N) is 2. The number of hydrogen-bond donors (Lipinski definition) is 1. The maximum absolute atomic E-state index is 6.14. The minimum Gasteiger partial charge on any atom is -0.339 e. The SMILES string of the molecule is CC1CC1c1noc(CC2(N)CCC2)n1. The molecule has 2 aliphatic rings. The van der Waals surface area contributed by atoms with Crippen LogP contribution in [-0.2, 0) is 6.42 Å². The second kappa shape index (κ2) is 3.04. The molecule has 4 nitrogen and oxygen atoms in total. The highest BCUT2D eigenvalue weighted by atomic mass is 16.5. The van der Waals surface area contributed by atoms with Crippen LogP contribution in [-0.4, -0.2) is 15.7 Å². The lowest BCUT2D eigenvalue weighted by Gasteiger charge is -2.36. The monoisotopic (exact) mass is 207 g/mol. The highest BCUT2D eigenvalue weighted by Gasteiger charge is 2.39. The molecule has 0 spiro atoms. The van der Waals surface area contributed by atoms with Gasteiger partial charge in [0.2, 0.25) is 5.89 Å². The molecular weight excluding hydrogens is 190 g/mol. The predicted molar refractivity (Wildman–Crippen MR) is 55.3 cm³/mol. The van der Waals surface area contributed by atoms with Crippen LogP contribution in [0.1, 0.15) is 50.2 Å². The minimum atomic E-state index is -0.0566. The molecule has 1 heterocycles. The van der Waals surface area contributed by atoms with Crippen molar-refractivity contribution in [2.75, 3.05) is 0 Å². The van der Waals surface area contributed by atoms with E-state index in [1.165, 1.54) is 12.8 Å². The topological polar surface area (TPSA) is 64.9 Å². The van der Waals surface area contributed by atoms with Crippen molar-refractivity contribution in [3.05, 3.63) is 11.7 Å². The molecule has 0 bridgehead atoms. The highest BCUT2D eigenvalue weighted by Crippen LogP contribution is 2.45. The van der Waals surface area contributed by atoms with Crippen molar-refractivity contribution in [3.8, 4) is 0 Å². The molecule has 0 saturated heterocycles. The molecule has 2 atom stereocenters. The van der Waals surface area contributed by atoms with Gasteiger partial charge in [0, 0.05) is 17.9 Å². The van der Waals surface area contributed by atoms with E-state index in [2.05, 4.69) is 17.1 Å². The van der Waals surface area contributed by atoms with Crippen LogP contribution in [0.2, 0.25) is 0 Å². The summed E-state index contributed by atoms with van der Waals surface area (Å²) in [5, 5.41) is 4.03. The van der Waals surface area contributed by atoms with E-state index in [4.69, 9.17) is 10.3 Å². The fraction of sp³-hybridized carbons (Fsp3) is 0.818. The summed E-state index contributed by atoms with van der Waals surface area (Å²) in [7, 11) is 0. The van der Waals surface area contributed by atoms with E-state index in [0.29, 0.717) is 5.92 Å². The van der Waals surface area contributed by atoms with E-state index in [-0.39, 0.29) is 5.54 Å². The predicted octanol–water partition coefficient (Wildman–Crippen LogP) is 1.62. The third-order valence-corrected chi connectivity index (χ3v) is 3.78. The first kappa shape index (κ1) is 9.33. The van der Waals surface area contributed by atoms with E-state index in [9.17, 15) is 0 Å². The van der Waals surface area contributed by atoms with Gasteiger partial charge in [0.25, 0.3) is 0 Å². The molecule has 82 valence electrons. The number of nitrogens with two attached hydrogens (primary N) is 1. The zero-order valence-corrected chi connectivity index (χ0v) is 9.07. The normalized spacial score (nSPS) is 32.4. The Labute approximate surface area is 89.2 Å². The molecule has 4 heteroatoms. The van der Waals surface area contributed by atoms with Crippen LogP contribution in [0.25, 0.3) is 0 Å². The van der Waals surface area contributed by atoms with Gasteiger partial charge in [-0.3, -0.25) is 0 Å². The number of rotatable bonds is 3. The van der Waals surface area contributed by atoms with Gasteiger partial charge in [-0.15, -0.1) is 0 Å². The van der Waals surface area contributed by atoms with Crippen molar-refractivity contribution in [1.82, 2.24) is 10.1 Å². The van der Waals surface area contributed by atoms with Gasteiger partial charge in [0.05, 0.1) is 0 Å². The summed E-state index contributed by atoms with van der Waals surface area (Å²) < 4.78 is 5.24. The second-order valence-electron chi connectivity index (χ2n) is 5.26. The summed E-state index contributed by atoms with van der Waals surface area (Å²) >= 11 is 0. The largest absolute Gasteiger partial charge is 0.339 e. The fourth-order valence-electron chi connectivity index (χ4n) is 2.28. The van der Waals surface area contributed by atoms with Crippen LogP contribution < -0.4 is 5.73 Å². The number of aromatic nitrogens is 2. The molecule has 1 aromatic heterocycles.